The van der Waals surface area contributed by atoms with Gasteiger partial charge in [0.25, 0.3) is 11.6 Å². The van der Waals surface area contributed by atoms with Gasteiger partial charge < -0.3 is 15.4 Å². The van der Waals surface area contributed by atoms with Gasteiger partial charge in [-0.3, -0.25) is 20.8 Å². The van der Waals surface area contributed by atoms with E-state index in [0.717, 1.165) is 6.07 Å². The molecule has 0 saturated carbocycles. The summed E-state index contributed by atoms with van der Waals surface area (Å²) in [7, 11) is 1.48. The number of nitro groups is 1. The van der Waals surface area contributed by atoms with Gasteiger partial charge in [0.1, 0.15) is 5.69 Å². The van der Waals surface area contributed by atoms with Crippen LogP contribution in [0.3, 0.4) is 0 Å². The average molecular weight is 303 g/mol. The number of nitrogens with zero attached hydrogens (tertiary/aromatic N) is 2. The van der Waals surface area contributed by atoms with Crippen molar-refractivity contribution in [3.05, 3.63) is 32.8 Å². The highest BCUT2D eigenvalue weighted by molar-refractivity contribution is 6.34. The minimum Gasteiger partial charge on any atom is -0.392 e. The standard InChI is InChI=1S/C11H15ClN4O4/c1-6(17)5-15(2)11(18)7-3-8(12)10(14-13)9(4-7)16(19)20/h3-4,6,14,17H,5,13H2,1-2H3. The molecular formula is C11H15ClN4O4. The second kappa shape index (κ2) is 6.51. The number of carbonyl (C=O) groups excluding carboxylic acids is 1. The van der Waals surface area contributed by atoms with Crippen LogP contribution in [-0.4, -0.2) is 40.5 Å². The molecule has 9 heteroatoms. The number of aliphatic hydroxyl groups excluding tert-OH is 1. The summed E-state index contributed by atoms with van der Waals surface area (Å²) >= 11 is 5.87. The van der Waals surface area contributed by atoms with Crippen molar-refractivity contribution < 1.29 is 14.8 Å². The Kier molecular flexibility index (Phi) is 5.26. The monoisotopic (exact) mass is 302 g/mol. The normalized spacial score (nSPS) is 11.8. The van der Waals surface area contributed by atoms with Crippen molar-refractivity contribution >= 4 is 28.9 Å². The van der Waals surface area contributed by atoms with Crippen LogP contribution in [0.2, 0.25) is 5.02 Å². The average Bonchev–Trinajstić information content (AvgIpc) is 2.35. The van der Waals surface area contributed by atoms with E-state index in [1.54, 1.807) is 0 Å². The molecule has 0 aliphatic heterocycles. The van der Waals surface area contributed by atoms with Crippen molar-refractivity contribution in [3.8, 4) is 0 Å². The highest BCUT2D eigenvalue weighted by Crippen LogP contribution is 2.33. The van der Waals surface area contributed by atoms with Gasteiger partial charge in [-0.15, -0.1) is 0 Å². The highest BCUT2D eigenvalue weighted by Gasteiger charge is 2.22. The number of hydrazine groups is 1. The van der Waals surface area contributed by atoms with Crippen LogP contribution in [0.1, 0.15) is 17.3 Å². The fraction of sp³-hybridized carbons (Fsp3) is 0.364. The summed E-state index contributed by atoms with van der Waals surface area (Å²) in [4.78, 5) is 23.6. The lowest BCUT2D eigenvalue weighted by molar-refractivity contribution is -0.384. The maximum absolute atomic E-state index is 12.1. The molecule has 0 fully saturated rings. The van der Waals surface area contributed by atoms with Crippen LogP contribution in [-0.2, 0) is 0 Å². The van der Waals surface area contributed by atoms with Crippen LogP contribution in [0.15, 0.2) is 12.1 Å². The first-order valence-electron chi connectivity index (χ1n) is 5.66. The van der Waals surface area contributed by atoms with Crippen molar-refractivity contribution in [1.29, 1.82) is 0 Å². The van der Waals surface area contributed by atoms with Gasteiger partial charge in [0.05, 0.1) is 16.0 Å². The first kappa shape index (κ1) is 16.2. The molecule has 0 bridgehead atoms. The topological polar surface area (TPSA) is 122 Å². The molecule has 0 spiro atoms. The number of aliphatic hydroxyl groups is 1. The summed E-state index contributed by atoms with van der Waals surface area (Å²) in [6.07, 6.45) is -0.709. The number of benzene rings is 1. The number of rotatable bonds is 5. The zero-order chi connectivity index (χ0) is 15.4. The smallest absolute Gasteiger partial charge is 0.295 e. The van der Waals surface area contributed by atoms with E-state index in [4.69, 9.17) is 17.4 Å². The summed E-state index contributed by atoms with van der Waals surface area (Å²) in [6, 6.07) is 2.37. The highest BCUT2D eigenvalue weighted by atomic mass is 35.5. The van der Waals surface area contributed by atoms with E-state index in [9.17, 15) is 20.0 Å². The summed E-state index contributed by atoms with van der Waals surface area (Å²) < 4.78 is 0. The number of nitro benzene ring substituents is 1. The Labute approximate surface area is 120 Å². The van der Waals surface area contributed by atoms with E-state index < -0.39 is 22.6 Å². The molecule has 110 valence electrons. The predicted molar refractivity (Wildman–Crippen MR) is 74.6 cm³/mol. The number of halogens is 1. The third-order valence-corrected chi connectivity index (χ3v) is 2.84. The molecule has 4 N–H and O–H groups in total. The fourth-order valence-corrected chi connectivity index (χ4v) is 1.97. The van der Waals surface area contributed by atoms with E-state index in [1.165, 1.54) is 24.9 Å². The SMILES string of the molecule is CC(O)CN(C)C(=O)c1cc(Cl)c(NN)c([N+](=O)[O-])c1. The lowest BCUT2D eigenvalue weighted by Gasteiger charge is -2.19. The summed E-state index contributed by atoms with van der Waals surface area (Å²) in [5.41, 5.74) is 1.72. The zero-order valence-corrected chi connectivity index (χ0v) is 11.7. The molecule has 0 aromatic heterocycles. The van der Waals surface area contributed by atoms with Gasteiger partial charge in [-0.1, -0.05) is 11.6 Å². The quantitative estimate of drug-likeness (QED) is 0.423. The Hall–Kier alpha value is -1.90. The second-order valence-corrected chi connectivity index (χ2v) is 4.70. The number of hydrogen-bond donors (Lipinski definition) is 3. The van der Waals surface area contributed by atoms with Crippen LogP contribution in [0.25, 0.3) is 0 Å². The number of hydrogen-bond acceptors (Lipinski definition) is 6. The molecule has 0 heterocycles. The van der Waals surface area contributed by atoms with Gasteiger partial charge >= 0.3 is 0 Å². The molecular weight excluding hydrogens is 288 g/mol. The van der Waals surface area contributed by atoms with Crippen molar-refractivity contribution in [2.75, 3.05) is 19.0 Å². The molecule has 1 aromatic rings. The van der Waals surface area contributed by atoms with E-state index in [1.807, 2.05) is 0 Å². The lowest BCUT2D eigenvalue weighted by atomic mass is 10.1. The second-order valence-electron chi connectivity index (χ2n) is 4.29. The Morgan fingerprint density at radius 1 is 1.65 bits per heavy atom. The van der Waals surface area contributed by atoms with Crippen molar-refractivity contribution in [3.63, 3.8) is 0 Å². The molecule has 1 unspecified atom stereocenters. The van der Waals surface area contributed by atoms with Gasteiger partial charge in [-0.2, -0.15) is 0 Å². The number of anilines is 1. The Balaban J connectivity index is 3.20. The first-order valence-corrected chi connectivity index (χ1v) is 6.03. The van der Waals surface area contributed by atoms with Crippen LogP contribution in [0.5, 0.6) is 0 Å². The number of carbonyl (C=O) groups is 1. The maximum Gasteiger partial charge on any atom is 0.295 e. The van der Waals surface area contributed by atoms with Gasteiger partial charge in [0.15, 0.2) is 0 Å². The number of likely N-dealkylation sites (N-methyl/N-ethyl adjacent to an activating group) is 1. The first-order chi connectivity index (χ1) is 9.27. The Morgan fingerprint density at radius 3 is 2.70 bits per heavy atom. The molecule has 0 aliphatic carbocycles. The van der Waals surface area contributed by atoms with Crippen LogP contribution in [0.4, 0.5) is 11.4 Å². The van der Waals surface area contributed by atoms with Gasteiger partial charge in [-0.05, 0) is 13.0 Å². The fourth-order valence-electron chi connectivity index (χ4n) is 1.70. The number of nitrogen functional groups attached to an aromatic ring is 1. The Morgan fingerprint density at radius 2 is 2.25 bits per heavy atom. The molecule has 0 saturated heterocycles. The summed E-state index contributed by atoms with van der Waals surface area (Å²) in [5.74, 6) is 4.69. The molecule has 1 aromatic carbocycles. The minimum absolute atomic E-state index is 0.0319. The predicted octanol–water partition coefficient (Wildman–Crippen LogP) is 0.987. The molecule has 0 aliphatic rings. The third kappa shape index (κ3) is 3.56. The summed E-state index contributed by atoms with van der Waals surface area (Å²) in [6.45, 7) is 1.63. The largest absolute Gasteiger partial charge is 0.392 e. The van der Waals surface area contributed by atoms with Crippen molar-refractivity contribution in [1.82, 2.24) is 4.90 Å². The van der Waals surface area contributed by atoms with Crippen LogP contribution < -0.4 is 11.3 Å². The van der Waals surface area contributed by atoms with Crippen molar-refractivity contribution in [2.45, 2.75) is 13.0 Å². The molecule has 20 heavy (non-hydrogen) atoms. The third-order valence-electron chi connectivity index (χ3n) is 2.54. The minimum atomic E-state index is -0.709. The Bertz CT molecular complexity index is 535. The van der Waals surface area contributed by atoms with E-state index >= 15 is 0 Å². The molecule has 1 amide bonds. The van der Waals surface area contributed by atoms with Crippen LogP contribution >= 0.6 is 11.6 Å². The number of nitrogens with two attached hydrogens (primary N) is 1. The van der Waals surface area contributed by atoms with E-state index in [-0.39, 0.29) is 22.8 Å². The maximum atomic E-state index is 12.1. The number of amides is 1. The van der Waals surface area contributed by atoms with Crippen molar-refractivity contribution in [2.24, 2.45) is 5.84 Å². The van der Waals surface area contributed by atoms with E-state index in [2.05, 4.69) is 5.43 Å². The molecule has 0 radical (unpaired) electrons. The number of nitrogens with one attached hydrogen (secondary N) is 1. The lowest BCUT2D eigenvalue weighted by Crippen LogP contribution is -2.33. The molecule has 1 atom stereocenters. The van der Waals surface area contributed by atoms with Gasteiger partial charge in [-0.25, -0.2) is 0 Å². The van der Waals surface area contributed by atoms with Gasteiger partial charge in [0, 0.05) is 25.2 Å². The zero-order valence-electron chi connectivity index (χ0n) is 11.0. The molecule has 1 rings (SSSR count). The van der Waals surface area contributed by atoms with Gasteiger partial charge in [0.2, 0.25) is 0 Å². The van der Waals surface area contributed by atoms with Crippen LogP contribution in [0, 0.1) is 10.1 Å². The summed E-state index contributed by atoms with van der Waals surface area (Å²) in [5, 5.41) is 20.2. The molecule has 8 nitrogen and oxygen atoms in total. The van der Waals surface area contributed by atoms with E-state index in [0.29, 0.717) is 0 Å².